The highest BCUT2D eigenvalue weighted by molar-refractivity contribution is 6.19. The molecule has 0 bridgehead atoms. The highest BCUT2D eigenvalue weighted by Gasteiger charge is 2.29. The molecule has 4 aromatic heterocycles. The van der Waals surface area contributed by atoms with E-state index < -0.39 is 0 Å². The lowest BCUT2D eigenvalue weighted by Gasteiger charge is -2.13. The number of nitrogens with zero attached hydrogens (tertiary/aromatic N) is 6. The summed E-state index contributed by atoms with van der Waals surface area (Å²) in [6, 6.07) is 78.2. The Morgan fingerprint density at radius 2 is 0.800 bits per heavy atom. The summed E-state index contributed by atoms with van der Waals surface area (Å²) >= 11 is 0. The molecule has 322 valence electrons. The zero-order valence-electron chi connectivity index (χ0n) is 37.5. The van der Waals surface area contributed by atoms with E-state index in [1.54, 1.807) is 0 Å². The van der Waals surface area contributed by atoms with Crippen LogP contribution in [0.3, 0.4) is 0 Å². The van der Waals surface area contributed by atoms with Crippen LogP contribution in [0.1, 0.15) is 0 Å². The summed E-state index contributed by atoms with van der Waals surface area (Å²) in [6.07, 6.45) is 0. The molecule has 2 aliphatic rings. The maximum absolute atomic E-state index is 5.49. The minimum Gasteiger partial charge on any atom is -0.309 e. The van der Waals surface area contributed by atoms with Crippen LogP contribution in [-0.2, 0) is 0 Å². The van der Waals surface area contributed by atoms with Crippen LogP contribution in [0.5, 0.6) is 0 Å². The zero-order valence-corrected chi connectivity index (χ0v) is 37.5. The van der Waals surface area contributed by atoms with Crippen molar-refractivity contribution in [3.8, 4) is 90.0 Å². The standard InChI is InChI=1S/C64H36N6/c1-2-14-39(15-3-1)70-54-28-9-7-19-46(54)58-49(24-13-29-56(58)70)64-66-52-26-12-22-47-57-41(20-10-23-48(57)62(68-64)60(47)52)37-30-33-40(34-31-37)69-53-27-8-6-17-43(53)50-36-38(32-35-55(50)69)63-65-51-25-11-21-44-42-16-4-5-18-45(42)61(67-63)59(44)51/h1-36H. The van der Waals surface area contributed by atoms with Crippen molar-refractivity contribution in [2.75, 3.05) is 0 Å². The minimum atomic E-state index is 0.727. The first kappa shape index (κ1) is 37.6. The quantitative estimate of drug-likeness (QED) is 0.173. The number of rotatable bonds is 5. The smallest absolute Gasteiger partial charge is 0.161 e. The summed E-state index contributed by atoms with van der Waals surface area (Å²) < 4.78 is 4.73. The van der Waals surface area contributed by atoms with Crippen LogP contribution < -0.4 is 0 Å². The first-order valence-electron chi connectivity index (χ1n) is 23.8. The Bertz CT molecular complexity index is 4580. The molecule has 0 fully saturated rings. The van der Waals surface area contributed by atoms with Crippen LogP contribution in [0.4, 0.5) is 0 Å². The average Bonchev–Trinajstić information content (AvgIpc) is 4.15. The van der Waals surface area contributed by atoms with Gasteiger partial charge >= 0.3 is 0 Å². The lowest BCUT2D eigenvalue weighted by atomic mass is 9.93. The Hall–Kier alpha value is -9.52. The summed E-state index contributed by atoms with van der Waals surface area (Å²) in [6.45, 7) is 0. The lowest BCUT2D eigenvalue weighted by molar-refractivity contribution is 1.18. The van der Waals surface area contributed by atoms with Crippen molar-refractivity contribution in [1.82, 2.24) is 29.1 Å². The van der Waals surface area contributed by atoms with Gasteiger partial charge in [-0.3, -0.25) is 0 Å². The molecule has 0 atom stereocenters. The zero-order chi connectivity index (χ0) is 45.6. The Labute approximate surface area is 401 Å². The van der Waals surface area contributed by atoms with Crippen molar-refractivity contribution in [1.29, 1.82) is 0 Å². The fourth-order valence-electron chi connectivity index (χ4n) is 11.9. The van der Waals surface area contributed by atoms with Gasteiger partial charge in [0.1, 0.15) is 0 Å². The van der Waals surface area contributed by atoms with Crippen molar-refractivity contribution in [3.63, 3.8) is 0 Å². The van der Waals surface area contributed by atoms with Gasteiger partial charge in [0.05, 0.1) is 44.5 Å². The van der Waals surface area contributed by atoms with Crippen LogP contribution in [0.25, 0.3) is 155 Å². The van der Waals surface area contributed by atoms with Crippen molar-refractivity contribution in [2.24, 2.45) is 0 Å². The molecule has 10 aromatic carbocycles. The van der Waals surface area contributed by atoms with Gasteiger partial charge in [0.2, 0.25) is 0 Å². The highest BCUT2D eigenvalue weighted by atomic mass is 15.0. The molecule has 0 saturated heterocycles. The lowest BCUT2D eigenvalue weighted by Crippen LogP contribution is -1.95. The summed E-state index contributed by atoms with van der Waals surface area (Å²) in [5.41, 5.74) is 22.1. The first-order chi connectivity index (χ1) is 34.7. The number of fused-ring (bicyclic) bond motifs is 12. The van der Waals surface area contributed by atoms with Gasteiger partial charge in [-0.05, 0) is 106 Å². The van der Waals surface area contributed by atoms with Crippen LogP contribution in [0.2, 0.25) is 0 Å². The molecule has 0 aliphatic heterocycles. The molecule has 0 saturated carbocycles. The molecule has 0 amide bonds. The largest absolute Gasteiger partial charge is 0.309 e. The van der Waals surface area contributed by atoms with Gasteiger partial charge in [-0.15, -0.1) is 0 Å². The van der Waals surface area contributed by atoms with E-state index in [4.69, 9.17) is 19.9 Å². The fourth-order valence-corrected chi connectivity index (χ4v) is 11.9. The molecule has 70 heavy (non-hydrogen) atoms. The van der Waals surface area contributed by atoms with E-state index in [0.717, 1.165) is 117 Å². The number of para-hydroxylation sites is 3. The monoisotopic (exact) mass is 888 g/mol. The summed E-state index contributed by atoms with van der Waals surface area (Å²) in [5, 5.41) is 6.91. The van der Waals surface area contributed by atoms with Crippen LogP contribution in [0.15, 0.2) is 218 Å². The average molecular weight is 889 g/mol. The van der Waals surface area contributed by atoms with Gasteiger partial charge in [-0.25, -0.2) is 19.9 Å². The van der Waals surface area contributed by atoms with E-state index in [0.29, 0.717) is 0 Å². The van der Waals surface area contributed by atoms with Crippen molar-refractivity contribution in [3.05, 3.63) is 218 Å². The number of hydrogen-bond acceptors (Lipinski definition) is 4. The molecule has 0 spiro atoms. The Morgan fingerprint density at radius 1 is 0.271 bits per heavy atom. The van der Waals surface area contributed by atoms with Crippen LogP contribution in [0, 0.1) is 0 Å². The van der Waals surface area contributed by atoms with E-state index in [2.05, 4.69) is 228 Å². The molecule has 0 radical (unpaired) electrons. The van der Waals surface area contributed by atoms with Gasteiger partial charge < -0.3 is 9.13 Å². The molecular formula is C64H36N6. The Morgan fingerprint density at radius 3 is 1.64 bits per heavy atom. The second kappa shape index (κ2) is 14.0. The molecular weight excluding hydrogens is 853 g/mol. The molecule has 2 aliphatic carbocycles. The molecule has 0 N–H and O–H groups in total. The first-order valence-corrected chi connectivity index (χ1v) is 23.8. The van der Waals surface area contributed by atoms with E-state index in [-0.39, 0.29) is 0 Å². The molecule has 6 nitrogen and oxygen atoms in total. The molecule has 16 rings (SSSR count). The Balaban J connectivity index is 0.800. The van der Waals surface area contributed by atoms with Crippen molar-refractivity contribution < 1.29 is 0 Å². The van der Waals surface area contributed by atoms with Crippen LogP contribution >= 0.6 is 0 Å². The summed E-state index contributed by atoms with van der Waals surface area (Å²) in [7, 11) is 0. The third kappa shape index (κ3) is 5.11. The molecule has 14 aromatic rings. The van der Waals surface area contributed by atoms with Crippen molar-refractivity contribution in [2.45, 2.75) is 0 Å². The Kier molecular flexibility index (Phi) is 7.52. The molecule has 4 heterocycles. The topological polar surface area (TPSA) is 61.4 Å². The van der Waals surface area contributed by atoms with Gasteiger partial charge in [0, 0.05) is 65.9 Å². The maximum Gasteiger partial charge on any atom is 0.161 e. The summed E-state index contributed by atoms with van der Waals surface area (Å²) in [5.74, 6) is 1.46. The molecule has 0 unspecified atom stereocenters. The predicted molar refractivity (Wildman–Crippen MR) is 286 cm³/mol. The predicted octanol–water partition coefficient (Wildman–Crippen LogP) is 16.1. The van der Waals surface area contributed by atoms with Gasteiger partial charge in [-0.1, -0.05) is 146 Å². The second-order valence-electron chi connectivity index (χ2n) is 18.5. The van der Waals surface area contributed by atoms with Crippen molar-refractivity contribution >= 4 is 65.4 Å². The van der Waals surface area contributed by atoms with E-state index in [1.165, 1.54) is 38.6 Å². The third-order valence-corrected chi connectivity index (χ3v) is 14.8. The van der Waals surface area contributed by atoms with Gasteiger partial charge in [0.15, 0.2) is 11.6 Å². The summed E-state index contributed by atoms with van der Waals surface area (Å²) in [4.78, 5) is 21.2. The van der Waals surface area contributed by atoms with Gasteiger partial charge in [-0.2, -0.15) is 0 Å². The van der Waals surface area contributed by atoms with Gasteiger partial charge in [0.25, 0.3) is 0 Å². The minimum absolute atomic E-state index is 0.727. The van der Waals surface area contributed by atoms with E-state index >= 15 is 0 Å². The van der Waals surface area contributed by atoms with Crippen LogP contribution in [-0.4, -0.2) is 29.1 Å². The number of aromatic nitrogens is 6. The SMILES string of the molecule is c1ccc(-n2c3ccccc3c3c(-c4nc5c6c(cccc6n4)-c4c(-c6ccc(-n7c8ccccc8c8cc(-c9nc%10c%11c(cccc%11n9)-c9ccccc9-%10)ccc87)cc6)cccc4-5)cccc32)cc1. The number of hydrogen-bond donors (Lipinski definition) is 0. The van der Waals surface area contributed by atoms with E-state index in [1.807, 2.05) is 0 Å². The van der Waals surface area contributed by atoms with E-state index in [9.17, 15) is 0 Å². The fraction of sp³-hybridized carbons (Fsp3) is 0. The second-order valence-corrected chi connectivity index (χ2v) is 18.5. The number of benzene rings is 10. The maximum atomic E-state index is 5.49. The third-order valence-electron chi connectivity index (χ3n) is 14.8. The normalized spacial score (nSPS) is 12.3. The molecule has 6 heteroatoms. The highest BCUT2D eigenvalue weighted by Crippen LogP contribution is 2.51.